The number of amides is 2. The van der Waals surface area contributed by atoms with Crippen molar-refractivity contribution in [2.24, 2.45) is 0 Å². The van der Waals surface area contributed by atoms with Gasteiger partial charge in [-0.15, -0.1) is 0 Å². The lowest BCUT2D eigenvalue weighted by Crippen LogP contribution is -2.29. The van der Waals surface area contributed by atoms with E-state index in [0.29, 0.717) is 15.3 Å². The summed E-state index contributed by atoms with van der Waals surface area (Å²) < 4.78 is 0.673. The monoisotopic (exact) mass is 313 g/mol. The van der Waals surface area contributed by atoms with E-state index in [9.17, 15) is 9.59 Å². The summed E-state index contributed by atoms with van der Waals surface area (Å²) in [6, 6.07) is 16.4. The van der Waals surface area contributed by atoms with Crippen molar-refractivity contribution in [3.63, 3.8) is 0 Å². The molecular formula is C16H11NO2S2. The van der Waals surface area contributed by atoms with Crippen LogP contribution in [0.2, 0.25) is 0 Å². The Hall–Kier alpha value is -1.98. The SMILES string of the molecule is O=C1c2ccccc2C(=O)N1CSC(=S)c1ccccc1. The summed E-state index contributed by atoms with van der Waals surface area (Å²) in [4.78, 5) is 25.7. The minimum atomic E-state index is -0.251. The Balaban J connectivity index is 1.72. The maximum absolute atomic E-state index is 12.2. The Morgan fingerprint density at radius 2 is 1.43 bits per heavy atom. The molecule has 1 aliphatic heterocycles. The van der Waals surface area contributed by atoms with Crippen molar-refractivity contribution >= 4 is 40.0 Å². The van der Waals surface area contributed by atoms with E-state index >= 15 is 0 Å². The predicted molar refractivity (Wildman–Crippen MR) is 87.5 cm³/mol. The number of fused-ring (bicyclic) bond motifs is 1. The van der Waals surface area contributed by atoms with Crippen LogP contribution in [-0.4, -0.2) is 26.8 Å². The Morgan fingerprint density at radius 3 is 2.00 bits per heavy atom. The first-order valence-corrected chi connectivity index (χ1v) is 7.75. The van der Waals surface area contributed by atoms with Gasteiger partial charge in [0.2, 0.25) is 0 Å². The third kappa shape index (κ3) is 2.62. The number of nitrogens with zero attached hydrogens (tertiary/aromatic N) is 1. The second-order valence-corrected chi connectivity index (χ2v) is 6.13. The average Bonchev–Trinajstić information content (AvgIpc) is 2.78. The van der Waals surface area contributed by atoms with Crippen LogP contribution in [0.5, 0.6) is 0 Å². The van der Waals surface area contributed by atoms with Crippen LogP contribution in [0.1, 0.15) is 26.3 Å². The van der Waals surface area contributed by atoms with Crippen molar-refractivity contribution in [1.29, 1.82) is 0 Å². The summed E-state index contributed by atoms with van der Waals surface area (Å²) >= 11 is 6.65. The first kappa shape index (κ1) is 14.0. The smallest absolute Gasteiger partial charge is 0.262 e. The number of benzene rings is 2. The van der Waals surface area contributed by atoms with E-state index < -0.39 is 0 Å². The van der Waals surface area contributed by atoms with Crippen molar-refractivity contribution in [2.75, 3.05) is 5.88 Å². The van der Waals surface area contributed by atoms with Gasteiger partial charge in [-0.3, -0.25) is 14.5 Å². The minimum Gasteiger partial charge on any atom is -0.269 e. The molecule has 0 saturated heterocycles. The fraction of sp³-hybridized carbons (Fsp3) is 0.0625. The van der Waals surface area contributed by atoms with Crippen molar-refractivity contribution in [3.05, 3.63) is 71.3 Å². The first-order chi connectivity index (χ1) is 10.2. The van der Waals surface area contributed by atoms with Crippen LogP contribution in [0, 0.1) is 0 Å². The zero-order valence-electron chi connectivity index (χ0n) is 11.0. The standard InChI is InChI=1S/C16H11NO2S2/c18-14-12-8-4-5-9-13(12)15(19)17(14)10-21-16(20)11-6-2-1-3-7-11/h1-9H,10H2. The molecule has 0 radical (unpaired) electrons. The van der Waals surface area contributed by atoms with Gasteiger partial charge in [0.1, 0.15) is 0 Å². The van der Waals surface area contributed by atoms with Crippen LogP contribution in [-0.2, 0) is 0 Å². The summed E-state index contributed by atoms with van der Waals surface area (Å²) in [6.45, 7) is 0. The number of hydrogen-bond donors (Lipinski definition) is 0. The number of imide groups is 1. The molecule has 3 rings (SSSR count). The topological polar surface area (TPSA) is 37.4 Å². The molecule has 21 heavy (non-hydrogen) atoms. The summed E-state index contributed by atoms with van der Waals surface area (Å²) in [5, 5.41) is 0. The van der Waals surface area contributed by atoms with Crippen LogP contribution in [0.15, 0.2) is 54.6 Å². The maximum atomic E-state index is 12.2. The molecule has 1 heterocycles. The van der Waals surface area contributed by atoms with Crippen molar-refractivity contribution in [3.8, 4) is 0 Å². The summed E-state index contributed by atoms with van der Waals surface area (Å²) in [5.74, 6) is -0.266. The van der Waals surface area contributed by atoms with Gasteiger partial charge in [-0.25, -0.2) is 0 Å². The Kier molecular flexibility index (Phi) is 3.86. The molecule has 0 aromatic heterocycles. The number of carbonyl (C=O) groups excluding carboxylic acids is 2. The van der Waals surface area contributed by atoms with Crippen LogP contribution in [0.25, 0.3) is 0 Å². The summed E-state index contributed by atoms with van der Waals surface area (Å²) in [6.07, 6.45) is 0. The van der Waals surface area contributed by atoms with E-state index in [1.807, 2.05) is 30.3 Å². The minimum absolute atomic E-state index is 0.236. The zero-order chi connectivity index (χ0) is 14.8. The number of hydrogen-bond acceptors (Lipinski definition) is 4. The van der Waals surface area contributed by atoms with Gasteiger partial charge in [0.05, 0.1) is 21.2 Å². The molecule has 2 aromatic rings. The molecule has 2 amide bonds. The average molecular weight is 313 g/mol. The maximum Gasteiger partial charge on any atom is 0.262 e. The van der Waals surface area contributed by atoms with Gasteiger partial charge in [-0.2, -0.15) is 0 Å². The third-order valence-electron chi connectivity index (χ3n) is 3.21. The molecule has 0 saturated carbocycles. The molecule has 0 fully saturated rings. The molecule has 104 valence electrons. The number of thiocarbonyl (C=S) groups is 1. The van der Waals surface area contributed by atoms with Crippen LogP contribution < -0.4 is 0 Å². The molecule has 0 atom stereocenters. The fourth-order valence-electron chi connectivity index (χ4n) is 2.14. The Morgan fingerprint density at radius 1 is 0.905 bits per heavy atom. The van der Waals surface area contributed by atoms with Gasteiger partial charge in [0.25, 0.3) is 11.8 Å². The van der Waals surface area contributed by atoms with Crippen LogP contribution >= 0.6 is 24.0 Å². The number of carbonyl (C=O) groups is 2. The van der Waals surface area contributed by atoms with Crippen molar-refractivity contribution in [2.45, 2.75) is 0 Å². The number of rotatable bonds is 3. The summed E-state index contributed by atoms with van der Waals surface area (Å²) in [7, 11) is 0. The van der Waals surface area contributed by atoms with Gasteiger partial charge in [0.15, 0.2) is 0 Å². The van der Waals surface area contributed by atoms with Crippen molar-refractivity contribution in [1.82, 2.24) is 4.90 Å². The van der Waals surface area contributed by atoms with Gasteiger partial charge in [-0.05, 0) is 17.7 Å². The lowest BCUT2D eigenvalue weighted by molar-refractivity contribution is 0.0684. The highest BCUT2D eigenvalue weighted by atomic mass is 32.2. The van der Waals surface area contributed by atoms with Crippen LogP contribution in [0.4, 0.5) is 0 Å². The van der Waals surface area contributed by atoms with Gasteiger partial charge in [0, 0.05) is 0 Å². The highest BCUT2D eigenvalue weighted by molar-refractivity contribution is 8.23. The van der Waals surface area contributed by atoms with Crippen LogP contribution in [0.3, 0.4) is 0 Å². The zero-order valence-corrected chi connectivity index (χ0v) is 12.6. The summed E-state index contributed by atoms with van der Waals surface area (Å²) in [5.41, 5.74) is 1.86. The molecule has 0 bridgehead atoms. The third-order valence-corrected chi connectivity index (χ3v) is 4.69. The molecule has 0 aliphatic carbocycles. The van der Waals surface area contributed by atoms with E-state index in [1.54, 1.807) is 24.3 Å². The largest absolute Gasteiger partial charge is 0.269 e. The van der Waals surface area contributed by atoms with E-state index in [-0.39, 0.29) is 17.7 Å². The quantitative estimate of drug-likeness (QED) is 0.643. The van der Waals surface area contributed by atoms with Gasteiger partial charge >= 0.3 is 0 Å². The van der Waals surface area contributed by atoms with E-state index in [2.05, 4.69) is 0 Å². The fourth-order valence-corrected chi connectivity index (χ4v) is 3.21. The molecule has 2 aromatic carbocycles. The molecule has 0 unspecified atom stereocenters. The highest BCUT2D eigenvalue weighted by Crippen LogP contribution is 2.25. The van der Waals surface area contributed by atoms with Gasteiger partial charge < -0.3 is 0 Å². The van der Waals surface area contributed by atoms with Crippen molar-refractivity contribution < 1.29 is 9.59 Å². The Bertz CT molecular complexity index is 693. The normalized spacial score (nSPS) is 13.4. The molecule has 0 N–H and O–H groups in total. The molecule has 1 aliphatic rings. The highest BCUT2D eigenvalue weighted by Gasteiger charge is 2.34. The second kappa shape index (κ2) is 5.79. The van der Waals surface area contributed by atoms with Gasteiger partial charge in [-0.1, -0.05) is 66.4 Å². The lowest BCUT2D eigenvalue weighted by Gasteiger charge is -2.13. The van der Waals surface area contributed by atoms with E-state index in [0.717, 1.165) is 5.56 Å². The first-order valence-electron chi connectivity index (χ1n) is 6.36. The van der Waals surface area contributed by atoms with E-state index in [1.165, 1.54) is 16.7 Å². The van der Waals surface area contributed by atoms with E-state index in [4.69, 9.17) is 12.2 Å². The molecule has 0 spiro atoms. The molecule has 3 nitrogen and oxygen atoms in total. The number of thioether (sulfide) groups is 1. The second-order valence-electron chi connectivity index (χ2n) is 4.51. The molecular weight excluding hydrogens is 302 g/mol. The molecule has 5 heteroatoms. The lowest BCUT2D eigenvalue weighted by atomic mass is 10.1. The predicted octanol–water partition coefficient (Wildman–Crippen LogP) is 3.35. The Labute approximate surface area is 132 Å².